The molecule has 1 aliphatic heterocycles. The summed E-state index contributed by atoms with van der Waals surface area (Å²) in [7, 11) is 0. The first-order chi connectivity index (χ1) is 10.8. The van der Waals surface area contributed by atoms with Crippen molar-refractivity contribution in [3.05, 3.63) is 44.8 Å². The number of fused-ring (bicyclic) bond motifs is 1. The van der Waals surface area contributed by atoms with Gasteiger partial charge in [-0.3, -0.25) is 4.90 Å². The van der Waals surface area contributed by atoms with Crippen molar-refractivity contribution >= 4 is 11.0 Å². The molecule has 0 unspecified atom stereocenters. The number of morpholine rings is 1. The standard InChI is InChI=1S/C19H25NO3/c1-11-6-12(2)18-16(7-17(21)23-19(18)15(11)5)10-20-8-13(3)22-14(4)9-20/h6-7,13-14H,8-10H2,1-5H3/t13-,14-/m0/s1. The van der Waals surface area contributed by atoms with Crippen molar-refractivity contribution < 1.29 is 9.15 Å². The van der Waals surface area contributed by atoms with Crippen molar-refractivity contribution in [3.63, 3.8) is 0 Å². The zero-order chi connectivity index (χ0) is 16.7. The number of benzene rings is 1. The molecule has 1 aromatic carbocycles. The molecule has 0 aliphatic carbocycles. The zero-order valence-corrected chi connectivity index (χ0v) is 14.6. The maximum Gasteiger partial charge on any atom is 0.336 e. The Bertz CT molecular complexity index is 783. The van der Waals surface area contributed by atoms with Crippen LogP contribution in [0.3, 0.4) is 0 Å². The Balaban J connectivity index is 2.07. The van der Waals surface area contributed by atoms with E-state index in [0.717, 1.165) is 52.9 Å². The van der Waals surface area contributed by atoms with E-state index in [1.807, 2.05) is 6.92 Å². The van der Waals surface area contributed by atoms with Crippen LogP contribution in [0.1, 0.15) is 36.1 Å². The van der Waals surface area contributed by atoms with E-state index in [1.165, 1.54) is 0 Å². The number of ether oxygens (including phenoxy) is 1. The Morgan fingerprint density at radius 2 is 1.74 bits per heavy atom. The molecule has 3 rings (SSSR count). The second kappa shape index (κ2) is 6.10. The quantitative estimate of drug-likeness (QED) is 0.797. The highest BCUT2D eigenvalue weighted by Crippen LogP contribution is 2.28. The summed E-state index contributed by atoms with van der Waals surface area (Å²) in [6.07, 6.45) is 0.436. The molecular weight excluding hydrogens is 290 g/mol. The fourth-order valence-electron chi connectivity index (χ4n) is 3.70. The van der Waals surface area contributed by atoms with Gasteiger partial charge in [0.1, 0.15) is 5.58 Å². The molecule has 1 saturated heterocycles. The summed E-state index contributed by atoms with van der Waals surface area (Å²) in [4.78, 5) is 14.4. The summed E-state index contributed by atoms with van der Waals surface area (Å²) in [6, 6.07) is 3.82. The summed E-state index contributed by atoms with van der Waals surface area (Å²) in [6.45, 7) is 12.9. The van der Waals surface area contributed by atoms with Gasteiger partial charge in [0.2, 0.25) is 0 Å². The van der Waals surface area contributed by atoms with Gasteiger partial charge in [0, 0.05) is 31.1 Å². The molecule has 0 saturated carbocycles. The lowest BCUT2D eigenvalue weighted by Gasteiger charge is -2.35. The fourth-order valence-corrected chi connectivity index (χ4v) is 3.70. The van der Waals surface area contributed by atoms with Crippen LogP contribution in [0.15, 0.2) is 21.3 Å². The molecule has 1 aromatic heterocycles. The monoisotopic (exact) mass is 315 g/mol. The molecule has 0 amide bonds. The SMILES string of the molecule is Cc1cc(C)c2c(CN3C[C@H](C)O[C@@H](C)C3)cc(=O)oc2c1C. The van der Waals surface area contributed by atoms with Crippen molar-refractivity contribution in [2.75, 3.05) is 13.1 Å². The van der Waals surface area contributed by atoms with Crippen molar-refractivity contribution in [2.24, 2.45) is 0 Å². The molecule has 124 valence electrons. The summed E-state index contributed by atoms with van der Waals surface area (Å²) in [5.41, 5.74) is 4.89. The lowest BCUT2D eigenvalue weighted by atomic mass is 9.97. The highest BCUT2D eigenvalue weighted by atomic mass is 16.5. The third-order valence-electron chi connectivity index (χ3n) is 4.69. The van der Waals surface area contributed by atoms with Crippen LogP contribution < -0.4 is 5.63 Å². The van der Waals surface area contributed by atoms with E-state index in [-0.39, 0.29) is 17.8 Å². The Kier molecular flexibility index (Phi) is 4.30. The first-order valence-electron chi connectivity index (χ1n) is 8.26. The Morgan fingerprint density at radius 1 is 1.09 bits per heavy atom. The molecule has 2 aromatic rings. The van der Waals surface area contributed by atoms with Gasteiger partial charge in [0.05, 0.1) is 12.2 Å². The van der Waals surface area contributed by atoms with Crippen LogP contribution in [0.2, 0.25) is 0 Å². The van der Waals surface area contributed by atoms with Gasteiger partial charge in [-0.05, 0) is 56.9 Å². The molecule has 2 atom stereocenters. The van der Waals surface area contributed by atoms with Crippen molar-refractivity contribution in [3.8, 4) is 0 Å². The lowest BCUT2D eigenvalue weighted by molar-refractivity contribution is -0.0704. The van der Waals surface area contributed by atoms with E-state index in [4.69, 9.17) is 9.15 Å². The van der Waals surface area contributed by atoms with E-state index in [0.29, 0.717) is 0 Å². The number of aryl methyl sites for hydroxylation is 3. The molecule has 4 nitrogen and oxygen atoms in total. The Labute approximate surface area is 137 Å². The predicted octanol–water partition coefficient (Wildman–Crippen LogP) is 3.33. The van der Waals surface area contributed by atoms with Crippen molar-refractivity contribution in [2.45, 2.75) is 53.4 Å². The van der Waals surface area contributed by atoms with E-state index in [9.17, 15) is 4.79 Å². The second-order valence-corrected chi connectivity index (χ2v) is 6.88. The molecule has 0 radical (unpaired) electrons. The molecule has 2 heterocycles. The van der Waals surface area contributed by atoms with Gasteiger partial charge < -0.3 is 9.15 Å². The smallest absolute Gasteiger partial charge is 0.336 e. The maximum absolute atomic E-state index is 12.0. The molecule has 0 bridgehead atoms. The van der Waals surface area contributed by atoms with Gasteiger partial charge in [-0.1, -0.05) is 6.07 Å². The minimum Gasteiger partial charge on any atom is -0.422 e. The minimum absolute atomic E-state index is 0.218. The van der Waals surface area contributed by atoms with Gasteiger partial charge in [-0.2, -0.15) is 0 Å². The van der Waals surface area contributed by atoms with Gasteiger partial charge in [-0.25, -0.2) is 4.79 Å². The number of rotatable bonds is 2. The highest BCUT2D eigenvalue weighted by Gasteiger charge is 2.23. The van der Waals surface area contributed by atoms with Gasteiger partial charge in [0.25, 0.3) is 0 Å². The van der Waals surface area contributed by atoms with Crippen LogP contribution in [-0.4, -0.2) is 30.2 Å². The van der Waals surface area contributed by atoms with E-state index in [1.54, 1.807) is 6.07 Å². The van der Waals surface area contributed by atoms with E-state index in [2.05, 4.69) is 38.7 Å². The molecule has 0 N–H and O–H groups in total. The largest absolute Gasteiger partial charge is 0.422 e. The maximum atomic E-state index is 12.0. The third-order valence-corrected chi connectivity index (χ3v) is 4.69. The first-order valence-corrected chi connectivity index (χ1v) is 8.26. The molecule has 23 heavy (non-hydrogen) atoms. The summed E-state index contributed by atoms with van der Waals surface area (Å²) in [5.74, 6) is 0. The third kappa shape index (κ3) is 3.19. The lowest BCUT2D eigenvalue weighted by Crippen LogP contribution is -2.44. The van der Waals surface area contributed by atoms with Gasteiger partial charge in [-0.15, -0.1) is 0 Å². The van der Waals surface area contributed by atoms with Crippen LogP contribution >= 0.6 is 0 Å². The summed E-state index contributed by atoms with van der Waals surface area (Å²) >= 11 is 0. The first kappa shape index (κ1) is 16.2. The van der Waals surface area contributed by atoms with Crippen LogP contribution in [0.5, 0.6) is 0 Å². The van der Waals surface area contributed by atoms with Gasteiger partial charge in [0.15, 0.2) is 0 Å². The molecular formula is C19H25NO3. The van der Waals surface area contributed by atoms with E-state index >= 15 is 0 Å². The fraction of sp³-hybridized carbons (Fsp3) is 0.526. The molecule has 4 heteroatoms. The van der Waals surface area contributed by atoms with Crippen molar-refractivity contribution in [1.29, 1.82) is 0 Å². The van der Waals surface area contributed by atoms with Crippen LogP contribution in [0, 0.1) is 20.8 Å². The minimum atomic E-state index is -0.269. The summed E-state index contributed by atoms with van der Waals surface area (Å²) in [5, 5.41) is 1.08. The average Bonchev–Trinajstić information content (AvgIpc) is 2.43. The zero-order valence-electron chi connectivity index (χ0n) is 14.6. The van der Waals surface area contributed by atoms with Crippen molar-refractivity contribution in [1.82, 2.24) is 4.90 Å². The van der Waals surface area contributed by atoms with Crippen LogP contribution in [0.4, 0.5) is 0 Å². The molecule has 1 fully saturated rings. The number of hydrogen-bond donors (Lipinski definition) is 0. The second-order valence-electron chi connectivity index (χ2n) is 6.88. The Hall–Kier alpha value is -1.65. The highest BCUT2D eigenvalue weighted by molar-refractivity contribution is 5.87. The Morgan fingerprint density at radius 3 is 2.39 bits per heavy atom. The average molecular weight is 315 g/mol. The topological polar surface area (TPSA) is 42.7 Å². The van der Waals surface area contributed by atoms with Crippen LogP contribution in [-0.2, 0) is 11.3 Å². The van der Waals surface area contributed by atoms with Crippen LogP contribution in [0.25, 0.3) is 11.0 Å². The molecule has 0 spiro atoms. The normalized spacial score (nSPS) is 22.7. The summed E-state index contributed by atoms with van der Waals surface area (Å²) < 4.78 is 11.3. The van der Waals surface area contributed by atoms with Gasteiger partial charge >= 0.3 is 5.63 Å². The van der Waals surface area contributed by atoms with E-state index < -0.39 is 0 Å². The molecule has 1 aliphatic rings. The number of nitrogens with zero attached hydrogens (tertiary/aromatic N) is 1. The predicted molar refractivity (Wildman–Crippen MR) is 92.0 cm³/mol. The number of hydrogen-bond acceptors (Lipinski definition) is 4.